The van der Waals surface area contributed by atoms with E-state index in [9.17, 15) is 4.79 Å². The van der Waals surface area contributed by atoms with Crippen LogP contribution in [0.3, 0.4) is 0 Å². The van der Waals surface area contributed by atoms with Crippen molar-refractivity contribution in [2.45, 2.75) is 25.8 Å². The van der Waals surface area contributed by atoms with Gasteiger partial charge in [0, 0.05) is 30.7 Å². The predicted molar refractivity (Wildman–Crippen MR) is 87.7 cm³/mol. The molecule has 0 saturated carbocycles. The van der Waals surface area contributed by atoms with Gasteiger partial charge in [0.15, 0.2) is 0 Å². The molecule has 1 aromatic carbocycles. The van der Waals surface area contributed by atoms with Gasteiger partial charge in [-0.05, 0) is 43.4 Å². The van der Waals surface area contributed by atoms with Crippen molar-refractivity contribution in [2.24, 2.45) is 5.92 Å². The molecule has 0 bridgehead atoms. The highest BCUT2D eigenvalue weighted by Crippen LogP contribution is 2.28. The molecule has 1 fully saturated rings. The van der Waals surface area contributed by atoms with Crippen LogP contribution in [0.5, 0.6) is 0 Å². The van der Waals surface area contributed by atoms with E-state index in [2.05, 4.69) is 41.5 Å². The van der Waals surface area contributed by atoms with Crippen molar-refractivity contribution in [3.8, 4) is 0 Å². The summed E-state index contributed by atoms with van der Waals surface area (Å²) in [6, 6.07) is 14.3. The van der Waals surface area contributed by atoms with Crippen molar-refractivity contribution in [1.82, 2.24) is 9.88 Å². The molecule has 0 spiro atoms. The van der Waals surface area contributed by atoms with Crippen LogP contribution in [-0.4, -0.2) is 28.5 Å². The fourth-order valence-corrected chi connectivity index (χ4v) is 3.11. The number of urea groups is 1. The smallest absolute Gasteiger partial charge is 0.322 e. The van der Waals surface area contributed by atoms with Gasteiger partial charge < -0.3 is 10.2 Å². The van der Waals surface area contributed by atoms with E-state index in [-0.39, 0.29) is 12.1 Å². The topological polar surface area (TPSA) is 45.2 Å². The van der Waals surface area contributed by atoms with E-state index < -0.39 is 0 Å². The second-order valence-corrected chi connectivity index (χ2v) is 5.84. The second kappa shape index (κ2) is 6.60. The quantitative estimate of drug-likeness (QED) is 0.941. The van der Waals surface area contributed by atoms with Crippen LogP contribution >= 0.6 is 0 Å². The third-order valence-electron chi connectivity index (χ3n) is 4.45. The van der Waals surface area contributed by atoms with Gasteiger partial charge in [-0.1, -0.05) is 30.3 Å². The largest absolute Gasteiger partial charge is 0.322 e. The molecule has 1 saturated heterocycles. The number of amides is 2. The molecule has 2 amide bonds. The van der Waals surface area contributed by atoms with Gasteiger partial charge in [0.05, 0.1) is 0 Å². The van der Waals surface area contributed by atoms with Crippen molar-refractivity contribution in [3.63, 3.8) is 0 Å². The monoisotopic (exact) mass is 295 g/mol. The summed E-state index contributed by atoms with van der Waals surface area (Å²) in [7, 11) is 0. The summed E-state index contributed by atoms with van der Waals surface area (Å²) in [5.41, 5.74) is 2.13. The van der Waals surface area contributed by atoms with Gasteiger partial charge in [0.2, 0.25) is 0 Å². The third-order valence-corrected chi connectivity index (χ3v) is 4.45. The Bertz CT molecular complexity index is 615. The summed E-state index contributed by atoms with van der Waals surface area (Å²) in [6.07, 6.45) is 5.45. The number of aromatic nitrogens is 1. The molecule has 22 heavy (non-hydrogen) atoms. The van der Waals surface area contributed by atoms with Crippen LogP contribution in [-0.2, 0) is 6.42 Å². The Hall–Kier alpha value is -2.36. The Kier molecular flexibility index (Phi) is 4.37. The van der Waals surface area contributed by atoms with E-state index in [4.69, 9.17) is 0 Å². The first-order valence-corrected chi connectivity index (χ1v) is 7.75. The number of anilines is 1. The first-order chi connectivity index (χ1) is 10.7. The molecule has 1 N–H and O–H groups in total. The maximum atomic E-state index is 12.4. The lowest BCUT2D eigenvalue weighted by Crippen LogP contribution is -2.39. The highest BCUT2D eigenvalue weighted by atomic mass is 16.2. The number of nitrogens with one attached hydrogen (secondary N) is 1. The van der Waals surface area contributed by atoms with Crippen LogP contribution < -0.4 is 5.32 Å². The fraction of sp³-hybridized carbons (Fsp3) is 0.333. The van der Waals surface area contributed by atoms with Crippen LogP contribution in [0.1, 0.15) is 18.9 Å². The first kappa shape index (κ1) is 14.6. The Morgan fingerprint density at radius 1 is 1.23 bits per heavy atom. The molecule has 0 radical (unpaired) electrons. The summed E-state index contributed by atoms with van der Waals surface area (Å²) >= 11 is 0. The van der Waals surface area contributed by atoms with E-state index in [1.54, 1.807) is 24.5 Å². The fourth-order valence-electron chi connectivity index (χ4n) is 3.11. The SMILES string of the molecule is CC1C(Cc2ccccc2)CCN1C(=O)Nc1ccncc1. The molecule has 3 rings (SSSR count). The molecule has 1 aliphatic rings. The lowest BCUT2D eigenvalue weighted by molar-refractivity contribution is 0.204. The van der Waals surface area contributed by atoms with Crippen LogP contribution in [0.25, 0.3) is 0 Å². The first-order valence-electron chi connectivity index (χ1n) is 7.75. The zero-order chi connectivity index (χ0) is 15.4. The van der Waals surface area contributed by atoms with Crippen molar-refractivity contribution in [3.05, 3.63) is 60.4 Å². The molecule has 4 nitrogen and oxygen atoms in total. The minimum atomic E-state index is -0.0192. The summed E-state index contributed by atoms with van der Waals surface area (Å²) in [6.45, 7) is 2.96. The predicted octanol–water partition coefficient (Wildman–Crippen LogP) is 3.57. The molecular formula is C18H21N3O. The highest BCUT2D eigenvalue weighted by molar-refractivity contribution is 5.89. The van der Waals surface area contributed by atoms with E-state index in [1.165, 1.54) is 5.56 Å². The van der Waals surface area contributed by atoms with E-state index in [0.29, 0.717) is 5.92 Å². The van der Waals surface area contributed by atoms with Crippen LogP contribution in [0.15, 0.2) is 54.9 Å². The number of likely N-dealkylation sites (tertiary alicyclic amines) is 1. The number of pyridine rings is 1. The minimum absolute atomic E-state index is 0.0192. The summed E-state index contributed by atoms with van der Waals surface area (Å²) in [5, 5.41) is 2.95. The van der Waals surface area contributed by atoms with Gasteiger partial charge in [-0.25, -0.2) is 4.79 Å². The highest BCUT2D eigenvalue weighted by Gasteiger charge is 2.33. The molecule has 4 heteroatoms. The molecule has 114 valence electrons. The molecule has 2 aromatic rings. The van der Waals surface area contributed by atoms with Crippen LogP contribution in [0.2, 0.25) is 0 Å². The summed E-state index contributed by atoms with van der Waals surface area (Å²) in [4.78, 5) is 18.3. The molecule has 0 aliphatic carbocycles. The van der Waals surface area contributed by atoms with Crippen molar-refractivity contribution >= 4 is 11.7 Å². The van der Waals surface area contributed by atoms with Gasteiger partial charge in [-0.2, -0.15) is 0 Å². The molecular weight excluding hydrogens is 274 g/mol. The van der Waals surface area contributed by atoms with Gasteiger partial charge in [0.1, 0.15) is 0 Å². The lowest BCUT2D eigenvalue weighted by atomic mass is 9.93. The molecule has 1 aromatic heterocycles. The van der Waals surface area contributed by atoms with Gasteiger partial charge in [-0.3, -0.25) is 4.98 Å². The Morgan fingerprint density at radius 2 is 1.95 bits per heavy atom. The van der Waals surface area contributed by atoms with Crippen LogP contribution in [0.4, 0.5) is 10.5 Å². The zero-order valence-corrected chi connectivity index (χ0v) is 12.8. The Labute approximate surface area is 131 Å². The molecule has 1 aliphatic heterocycles. The number of rotatable bonds is 3. The molecule has 2 unspecified atom stereocenters. The normalized spacial score (nSPS) is 20.9. The van der Waals surface area contributed by atoms with Gasteiger partial charge in [0.25, 0.3) is 0 Å². The number of hydrogen-bond donors (Lipinski definition) is 1. The second-order valence-electron chi connectivity index (χ2n) is 5.84. The van der Waals surface area contributed by atoms with E-state index in [1.807, 2.05) is 11.0 Å². The number of carbonyl (C=O) groups excluding carboxylic acids is 1. The number of carbonyl (C=O) groups is 1. The summed E-state index contributed by atoms with van der Waals surface area (Å²) in [5.74, 6) is 0.519. The maximum absolute atomic E-state index is 12.4. The average molecular weight is 295 g/mol. The van der Waals surface area contributed by atoms with Crippen molar-refractivity contribution in [2.75, 3.05) is 11.9 Å². The Balaban J connectivity index is 1.61. The molecule has 2 atom stereocenters. The Morgan fingerprint density at radius 3 is 2.68 bits per heavy atom. The molecule has 2 heterocycles. The van der Waals surface area contributed by atoms with E-state index >= 15 is 0 Å². The van der Waals surface area contributed by atoms with Crippen molar-refractivity contribution in [1.29, 1.82) is 0 Å². The van der Waals surface area contributed by atoms with Gasteiger partial charge in [-0.15, -0.1) is 0 Å². The lowest BCUT2D eigenvalue weighted by Gasteiger charge is -2.25. The maximum Gasteiger partial charge on any atom is 0.322 e. The minimum Gasteiger partial charge on any atom is -0.322 e. The number of nitrogens with zero attached hydrogens (tertiary/aromatic N) is 2. The zero-order valence-electron chi connectivity index (χ0n) is 12.8. The van der Waals surface area contributed by atoms with Gasteiger partial charge >= 0.3 is 6.03 Å². The standard InChI is InChI=1S/C18H21N3O/c1-14-16(13-15-5-3-2-4-6-15)9-12-21(14)18(22)20-17-7-10-19-11-8-17/h2-8,10-11,14,16H,9,12-13H2,1H3,(H,19,20,22). The van der Waals surface area contributed by atoms with Crippen molar-refractivity contribution < 1.29 is 4.79 Å². The average Bonchev–Trinajstić information content (AvgIpc) is 2.90. The summed E-state index contributed by atoms with van der Waals surface area (Å²) < 4.78 is 0. The van der Waals surface area contributed by atoms with Crippen LogP contribution in [0, 0.1) is 5.92 Å². The number of hydrogen-bond acceptors (Lipinski definition) is 2. The number of benzene rings is 1. The van der Waals surface area contributed by atoms with E-state index in [0.717, 1.165) is 25.1 Å². The third kappa shape index (κ3) is 3.27.